The number of carbonyl (C=O) groups excluding carboxylic acids is 1. The first-order valence-electron chi connectivity index (χ1n) is 5.29. The van der Waals surface area contributed by atoms with Gasteiger partial charge >= 0.3 is 0 Å². The second-order valence-corrected chi connectivity index (χ2v) is 3.82. The number of pyridine rings is 1. The predicted octanol–water partition coefficient (Wildman–Crippen LogP) is 0.317. The first kappa shape index (κ1) is 11.0. The number of morpholine rings is 1. The third-order valence-electron chi connectivity index (χ3n) is 2.38. The smallest absolute Gasteiger partial charge is 0.243 e. The first-order valence-corrected chi connectivity index (χ1v) is 5.29. The maximum atomic E-state index is 11.8. The quantitative estimate of drug-likeness (QED) is 0.754. The van der Waals surface area contributed by atoms with Gasteiger partial charge in [0.2, 0.25) is 5.91 Å². The lowest BCUT2D eigenvalue weighted by molar-refractivity contribution is -0.120. The highest BCUT2D eigenvalue weighted by molar-refractivity contribution is 5.94. The first-order chi connectivity index (χ1) is 7.75. The third-order valence-corrected chi connectivity index (χ3v) is 2.38. The van der Waals surface area contributed by atoms with Crippen LogP contribution in [0, 0.1) is 6.92 Å². The van der Waals surface area contributed by atoms with E-state index in [9.17, 15) is 4.79 Å². The van der Waals surface area contributed by atoms with Crippen LogP contribution in [-0.4, -0.2) is 36.7 Å². The van der Waals surface area contributed by atoms with Crippen LogP contribution in [0.25, 0.3) is 0 Å². The van der Waals surface area contributed by atoms with Gasteiger partial charge in [-0.3, -0.25) is 9.78 Å². The van der Waals surface area contributed by atoms with Gasteiger partial charge in [0, 0.05) is 12.7 Å². The minimum atomic E-state index is -0.269. The van der Waals surface area contributed by atoms with Crippen molar-refractivity contribution in [2.24, 2.45) is 0 Å². The summed E-state index contributed by atoms with van der Waals surface area (Å²) < 4.78 is 5.23. The highest BCUT2D eigenvalue weighted by Crippen LogP contribution is 2.08. The molecule has 2 N–H and O–H groups in total. The molecule has 1 aromatic heterocycles. The molecule has 0 aliphatic carbocycles. The second kappa shape index (κ2) is 5.05. The van der Waals surface area contributed by atoms with Gasteiger partial charge < -0.3 is 15.4 Å². The molecule has 5 nitrogen and oxygen atoms in total. The maximum Gasteiger partial charge on any atom is 0.243 e. The molecule has 1 aromatic rings. The van der Waals surface area contributed by atoms with E-state index in [1.54, 1.807) is 12.4 Å². The summed E-state index contributed by atoms with van der Waals surface area (Å²) in [4.78, 5) is 15.8. The number of carbonyl (C=O) groups is 1. The fourth-order valence-electron chi connectivity index (χ4n) is 1.59. The molecule has 0 aromatic carbocycles. The van der Waals surface area contributed by atoms with Crippen LogP contribution in [0.15, 0.2) is 18.5 Å². The summed E-state index contributed by atoms with van der Waals surface area (Å²) in [5.74, 6) is -0.0768. The summed E-state index contributed by atoms with van der Waals surface area (Å²) >= 11 is 0. The van der Waals surface area contributed by atoms with Crippen LogP contribution in [0.5, 0.6) is 0 Å². The van der Waals surface area contributed by atoms with E-state index < -0.39 is 0 Å². The molecule has 1 atom stereocenters. The van der Waals surface area contributed by atoms with Crippen LogP contribution in [0.1, 0.15) is 5.56 Å². The van der Waals surface area contributed by atoms with Crippen molar-refractivity contribution in [3.63, 3.8) is 0 Å². The number of aromatic nitrogens is 1. The number of hydrogen-bond donors (Lipinski definition) is 2. The van der Waals surface area contributed by atoms with E-state index in [-0.39, 0.29) is 11.9 Å². The van der Waals surface area contributed by atoms with E-state index in [1.165, 1.54) is 0 Å². The summed E-state index contributed by atoms with van der Waals surface area (Å²) in [6, 6.07) is 1.61. The molecule has 5 heteroatoms. The number of anilines is 1. The maximum absolute atomic E-state index is 11.8. The van der Waals surface area contributed by atoms with Crippen molar-refractivity contribution in [1.29, 1.82) is 0 Å². The van der Waals surface area contributed by atoms with Gasteiger partial charge in [-0.15, -0.1) is 0 Å². The molecule has 0 spiro atoms. The van der Waals surface area contributed by atoms with Crippen molar-refractivity contribution in [2.75, 3.05) is 25.1 Å². The summed E-state index contributed by atoms with van der Waals surface area (Å²) in [6.07, 6.45) is 3.38. The number of nitrogens with zero attached hydrogens (tertiary/aromatic N) is 1. The van der Waals surface area contributed by atoms with Crippen molar-refractivity contribution in [3.8, 4) is 0 Å². The highest BCUT2D eigenvalue weighted by atomic mass is 16.5. The van der Waals surface area contributed by atoms with E-state index in [0.717, 1.165) is 11.3 Å². The number of hydrogen-bond acceptors (Lipinski definition) is 4. The number of nitrogens with one attached hydrogen (secondary N) is 2. The summed E-state index contributed by atoms with van der Waals surface area (Å²) in [5, 5.41) is 5.90. The Morgan fingerprint density at radius 3 is 3.19 bits per heavy atom. The van der Waals surface area contributed by atoms with E-state index in [2.05, 4.69) is 15.6 Å². The minimum absolute atomic E-state index is 0.0768. The van der Waals surface area contributed by atoms with Gasteiger partial charge in [-0.05, 0) is 18.6 Å². The standard InChI is InChI=1S/C11H15N3O2/c1-8-4-9(6-12-5-8)14-11(15)10-7-16-3-2-13-10/h4-6,10,13H,2-3,7H2,1H3,(H,14,15). The summed E-state index contributed by atoms with van der Waals surface area (Å²) in [5.41, 5.74) is 1.74. The molecule has 1 fully saturated rings. The molecule has 1 unspecified atom stereocenters. The van der Waals surface area contributed by atoms with Crippen LogP contribution in [0.3, 0.4) is 0 Å². The molecule has 2 heterocycles. The lowest BCUT2D eigenvalue weighted by atomic mass is 10.2. The molecule has 0 bridgehead atoms. The zero-order valence-corrected chi connectivity index (χ0v) is 9.19. The zero-order valence-electron chi connectivity index (χ0n) is 9.19. The number of aryl methyl sites for hydroxylation is 1. The van der Waals surface area contributed by atoms with Gasteiger partial charge in [0.1, 0.15) is 6.04 Å². The normalized spacial score (nSPS) is 20.4. The third kappa shape index (κ3) is 2.77. The predicted molar refractivity (Wildman–Crippen MR) is 60.2 cm³/mol. The van der Waals surface area contributed by atoms with Gasteiger partial charge in [-0.25, -0.2) is 0 Å². The molecule has 1 amide bonds. The van der Waals surface area contributed by atoms with Crippen molar-refractivity contribution in [2.45, 2.75) is 13.0 Å². The van der Waals surface area contributed by atoms with E-state index in [1.807, 2.05) is 13.0 Å². The highest BCUT2D eigenvalue weighted by Gasteiger charge is 2.20. The molecule has 1 aliphatic heterocycles. The average Bonchev–Trinajstić information content (AvgIpc) is 2.30. The number of amides is 1. The number of ether oxygens (including phenoxy) is 1. The lowest BCUT2D eigenvalue weighted by Gasteiger charge is -2.22. The fourth-order valence-corrected chi connectivity index (χ4v) is 1.59. The Morgan fingerprint density at radius 2 is 2.50 bits per heavy atom. The monoisotopic (exact) mass is 221 g/mol. The van der Waals surface area contributed by atoms with Gasteiger partial charge in [0.25, 0.3) is 0 Å². The molecule has 0 radical (unpaired) electrons. The van der Waals surface area contributed by atoms with Crippen molar-refractivity contribution in [3.05, 3.63) is 24.0 Å². The minimum Gasteiger partial charge on any atom is -0.378 e. The van der Waals surface area contributed by atoms with Gasteiger partial charge in [-0.1, -0.05) is 0 Å². The summed E-state index contributed by atoms with van der Waals surface area (Å²) in [6.45, 7) is 3.73. The van der Waals surface area contributed by atoms with Gasteiger partial charge in [0.05, 0.1) is 25.1 Å². The largest absolute Gasteiger partial charge is 0.378 e. The van der Waals surface area contributed by atoms with Crippen molar-refractivity contribution < 1.29 is 9.53 Å². The number of rotatable bonds is 2. The van der Waals surface area contributed by atoms with Crippen molar-refractivity contribution >= 4 is 11.6 Å². The van der Waals surface area contributed by atoms with Crippen LogP contribution in [0.2, 0.25) is 0 Å². The van der Waals surface area contributed by atoms with Crippen LogP contribution < -0.4 is 10.6 Å². The van der Waals surface area contributed by atoms with E-state index >= 15 is 0 Å². The molecule has 16 heavy (non-hydrogen) atoms. The lowest BCUT2D eigenvalue weighted by Crippen LogP contribution is -2.48. The SMILES string of the molecule is Cc1cncc(NC(=O)C2COCCN2)c1. The zero-order chi connectivity index (χ0) is 11.4. The Bertz CT molecular complexity index is 375. The molecular weight excluding hydrogens is 206 g/mol. The molecular formula is C11H15N3O2. The van der Waals surface area contributed by atoms with E-state index in [4.69, 9.17) is 4.74 Å². The Morgan fingerprint density at radius 1 is 1.62 bits per heavy atom. The van der Waals surface area contributed by atoms with Crippen LogP contribution in [0.4, 0.5) is 5.69 Å². The average molecular weight is 221 g/mol. The Kier molecular flexibility index (Phi) is 3.48. The van der Waals surface area contributed by atoms with Crippen LogP contribution >= 0.6 is 0 Å². The second-order valence-electron chi connectivity index (χ2n) is 3.82. The molecule has 1 saturated heterocycles. The Balaban J connectivity index is 1.96. The molecule has 0 saturated carbocycles. The van der Waals surface area contributed by atoms with Gasteiger partial charge in [-0.2, -0.15) is 0 Å². The molecule has 2 rings (SSSR count). The van der Waals surface area contributed by atoms with Crippen molar-refractivity contribution in [1.82, 2.24) is 10.3 Å². The molecule has 1 aliphatic rings. The topological polar surface area (TPSA) is 63.2 Å². The molecule has 86 valence electrons. The Hall–Kier alpha value is -1.46. The Labute approximate surface area is 94.2 Å². The fraction of sp³-hybridized carbons (Fsp3) is 0.455. The summed E-state index contributed by atoms with van der Waals surface area (Å²) in [7, 11) is 0. The van der Waals surface area contributed by atoms with Gasteiger partial charge in [0.15, 0.2) is 0 Å². The van der Waals surface area contributed by atoms with Crippen LogP contribution in [-0.2, 0) is 9.53 Å². The van der Waals surface area contributed by atoms with E-state index in [0.29, 0.717) is 19.8 Å².